The first kappa shape index (κ1) is 10.8. The molecular weight excluding hydrogens is 180 g/mol. The predicted octanol–water partition coefficient (Wildman–Crippen LogP) is 0.507. The largest absolute Gasteiger partial charge is 0.390 e. The first-order valence-corrected chi connectivity index (χ1v) is 4.79. The zero-order valence-electron chi connectivity index (χ0n) is 8.36. The summed E-state index contributed by atoms with van der Waals surface area (Å²) in [5.74, 6) is -0.0160. The van der Waals surface area contributed by atoms with Gasteiger partial charge in [0.05, 0.1) is 6.61 Å². The average Bonchev–Trinajstić information content (AvgIpc) is 2.62. The number of aliphatic hydroxyl groups excluding tert-OH is 1. The van der Waals surface area contributed by atoms with E-state index in [4.69, 9.17) is 5.11 Å². The van der Waals surface area contributed by atoms with Crippen LogP contribution in [0.25, 0.3) is 0 Å². The number of carbonyl (C=O) groups excluding carboxylic acids is 1. The van der Waals surface area contributed by atoms with Crippen LogP contribution in [0.15, 0.2) is 18.3 Å². The van der Waals surface area contributed by atoms with Crippen LogP contribution < -0.4 is 5.32 Å². The first-order valence-electron chi connectivity index (χ1n) is 4.79. The van der Waals surface area contributed by atoms with E-state index in [-0.39, 0.29) is 19.1 Å². The third-order valence-electron chi connectivity index (χ3n) is 1.97. The van der Waals surface area contributed by atoms with Crippen LogP contribution in [0.1, 0.15) is 19.0 Å². The molecule has 0 fully saturated rings. The zero-order chi connectivity index (χ0) is 10.4. The van der Waals surface area contributed by atoms with Gasteiger partial charge in [0.25, 0.3) is 0 Å². The Bertz CT molecular complexity index is 294. The molecule has 78 valence electrons. The molecule has 4 heteroatoms. The number of amides is 1. The van der Waals surface area contributed by atoms with Gasteiger partial charge in [0.1, 0.15) is 6.54 Å². The van der Waals surface area contributed by atoms with Gasteiger partial charge in [-0.3, -0.25) is 4.79 Å². The summed E-state index contributed by atoms with van der Waals surface area (Å²) in [7, 11) is 0. The minimum absolute atomic E-state index is 0.0160. The average molecular weight is 196 g/mol. The summed E-state index contributed by atoms with van der Waals surface area (Å²) in [4.78, 5) is 11.3. The highest BCUT2D eigenvalue weighted by atomic mass is 16.3. The van der Waals surface area contributed by atoms with Crippen molar-refractivity contribution >= 4 is 5.91 Å². The van der Waals surface area contributed by atoms with Gasteiger partial charge in [0.15, 0.2) is 0 Å². The summed E-state index contributed by atoms with van der Waals surface area (Å²) in [6.07, 6.45) is 2.72. The van der Waals surface area contributed by atoms with E-state index >= 15 is 0 Å². The van der Waals surface area contributed by atoms with E-state index in [2.05, 4.69) is 5.32 Å². The van der Waals surface area contributed by atoms with Crippen molar-refractivity contribution in [1.29, 1.82) is 0 Å². The lowest BCUT2D eigenvalue weighted by Gasteiger charge is -2.07. The molecular formula is C10H16N2O2. The summed E-state index contributed by atoms with van der Waals surface area (Å²) < 4.78 is 1.74. The lowest BCUT2D eigenvalue weighted by Crippen LogP contribution is -2.28. The van der Waals surface area contributed by atoms with E-state index in [1.165, 1.54) is 0 Å². The second-order valence-electron chi connectivity index (χ2n) is 3.14. The van der Waals surface area contributed by atoms with E-state index in [0.717, 1.165) is 12.1 Å². The van der Waals surface area contributed by atoms with E-state index in [1.54, 1.807) is 16.8 Å². The first-order chi connectivity index (χ1) is 6.77. The molecule has 14 heavy (non-hydrogen) atoms. The fraction of sp³-hybridized carbons (Fsp3) is 0.500. The normalized spacial score (nSPS) is 10.1. The van der Waals surface area contributed by atoms with Gasteiger partial charge in [-0.05, 0) is 18.6 Å². The number of aliphatic hydroxyl groups is 1. The van der Waals surface area contributed by atoms with Crippen LogP contribution in [0.2, 0.25) is 0 Å². The predicted molar refractivity (Wildman–Crippen MR) is 53.7 cm³/mol. The molecule has 0 saturated carbocycles. The van der Waals surface area contributed by atoms with Gasteiger partial charge in [-0.2, -0.15) is 0 Å². The smallest absolute Gasteiger partial charge is 0.239 e. The van der Waals surface area contributed by atoms with Crippen LogP contribution >= 0.6 is 0 Å². The number of carbonyl (C=O) groups is 1. The van der Waals surface area contributed by atoms with Gasteiger partial charge in [-0.1, -0.05) is 6.92 Å². The third-order valence-corrected chi connectivity index (χ3v) is 1.97. The number of nitrogens with one attached hydrogen (secondary N) is 1. The van der Waals surface area contributed by atoms with Crippen molar-refractivity contribution < 1.29 is 9.90 Å². The Morgan fingerprint density at radius 1 is 1.64 bits per heavy atom. The molecule has 2 N–H and O–H groups in total. The molecule has 1 rings (SSSR count). The van der Waals surface area contributed by atoms with Crippen molar-refractivity contribution in [2.45, 2.75) is 26.5 Å². The summed E-state index contributed by atoms with van der Waals surface area (Å²) in [5.41, 5.74) is 0.761. The van der Waals surface area contributed by atoms with Gasteiger partial charge in [0.2, 0.25) is 5.91 Å². The molecule has 0 spiro atoms. The molecule has 0 aliphatic heterocycles. The van der Waals surface area contributed by atoms with Crippen molar-refractivity contribution in [1.82, 2.24) is 9.88 Å². The number of nitrogens with zero attached hydrogens (tertiary/aromatic N) is 1. The lowest BCUT2D eigenvalue weighted by molar-refractivity contribution is -0.121. The molecule has 0 aliphatic carbocycles. The fourth-order valence-corrected chi connectivity index (χ4v) is 1.22. The second-order valence-corrected chi connectivity index (χ2v) is 3.14. The highest BCUT2D eigenvalue weighted by Gasteiger charge is 2.04. The second kappa shape index (κ2) is 5.44. The van der Waals surface area contributed by atoms with Gasteiger partial charge < -0.3 is 15.0 Å². The van der Waals surface area contributed by atoms with Crippen LogP contribution in [0, 0.1) is 0 Å². The van der Waals surface area contributed by atoms with Crippen molar-refractivity contribution in [2.75, 3.05) is 6.54 Å². The van der Waals surface area contributed by atoms with Gasteiger partial charge in [-0.25, -0.2) is 0 Å². The number of rotatable bonds is 5. The molecule has 0 unspecified atom stereocenters. The Morgan fingerprint density at radius 3 is 3.07 bits per heavy atom. The maximum atomic E-state index is 11.3. The summed E-state index contributed by atoms with van der Waals surface area (Å²) in [6.45, 7) is 2.96. The van der Waals surface area contributed by atoms with Crippen molar-refractivity contribution in [3.8, 4) is 0 Å². The summed E-state index contributed by atoms with van der Waals surface area (Å²) in [6, 6.07) is 3.62. The van der Waals surface area contributed by atoms with Crippen LogP contribution in [0.5, 0.6) is 0 Å². The van der Waals surface area contributed by atoms with E-state index < -0.39 is 0 Å². The third kappa shape index (κ3) is 2.88. The van der Waals surface area contributed by atoms with Crippen molar-refractivity contribution in [3.63, 3.8) is 0 Å². The molecule has 1 heterocycles. The summed E-state index contributed by atoms with van der Waals surface area (Å²) in [5, 5.41) is 11.7. The van der Waals surface area contributed by atoms with Crippen molar-refractivity contribution in [2.24, 2.45) is 0 Å². The zero-order valence-corrected chi connectivity index (χ0v) is 8.36. The number of hydrogen-bond acceptors (Lipinski definition) is 2. The van der Waals surface area contributed by atoms with Crippen LogP contribution in [0.4, 0.5) is 0 Å². The highest BCUT2D eigenvalue weighted by Crippen LogP contribution is 2.01. The van der Waals surface area contributed by atoms with Gasteiger partial charge in [-0.15, -0.1) is 0 Å². The van der Waals surface area contributed by atoms with Crippen molar-refractivity contribution in [3.05, 3.63) is 24.0 Å². The topological polar surface area (TPSA) is 54.3 Å². The Morgan fingerprint density at radius 2 is 2.43 bits per heavy atom. The monoisotopic (exact) mass is 196 g/mol. The quantitative estimate of drug-likeness (QED) is 0.720. The summed E-state index contributed by atoms with van der Waals surface area (Å²) >= 11 is 0. The van der Waals surface area contributed by atoms with Crippen LogP contribution in [-0.2, 0) is 17.9 Å². The van der Waals surface area contributed by atoms with Crippen LogP contribution in [-0.4, -0.2) is 22.1 Å². The van der Waals surface area contributed by atoms with E-state index in [9.17, 15) is 4.79 Å². The molecule has 1 amide bonds. The Kier molecular flexibility index (Phi) is 4.19. The number of aromatic nitrogens is 1. The highest BCUT2D eigenvalue weighted by molar-refractivity contribution is 5.75. The molecule has 0 atom stereocenters. The molecule has 0 bridgehead atoms. The number of hydrogen-bond donors (Lipinski definition) is 2. The molecule has 4 nitrogen and oxygen atoms in total. The molecule has 0 radical (unpaired) electrons. The van der Waals surface area contributed by atoms with E-state index in [0.29, 0.717) is 6.54 Å². The Labute approximate surface area is 83.5 Å². The SMILES string of the molecule is CCCNC(=O)Cn1cccc1CO. The Hall–Kier alpha value is -1.29. The minimum Gasteiger partial charge on any atom is -0.390 e. The molecule has 0 saturated heterocycles. The molecule has 0 aliphatic rings. The standard InChI is InChI=1S/C10H16N2O2/c1-2-5-11-10(14)7-12-6-3-4-9(12)8-13/h3-4,6,13H,2,5,7-8H2,1H3,(H,11,14). The maximum Gasteiger partial charge on any atom is 0.239 e. The lowest BCUT2D eigenvalue weighted by atomic mass is 10.4. The van der Waals surface area contributed by atoms with Gasteiger partial charge in [0, 0.05) is 18.4 Å². The van der Waals surface area contributed by atoms with Gasteiger partial charge >= 0.3 is 0 Å². The maximum absolute atomic E-state index is 11.3. The molecule has 1 aromatic rings. The Balaban J connectivity index is 2.47. The molecule has 1 aromatic heterocycles. The van der Waals surface area contributed by atoms with Crippen LogP contribution in [0.3, 0.4) is 0 Å². The van der Waals surface area contributed by atoms with E-state index in [1.807, 2.05) is 13.0 Å². The fourth-order valence-electron chi connectivity index (χ4n) is 1.22. The molecule has 0 aromatic carbocycles. The minimum atomic E-state index is -0.0337.